The van der Waals surface area contributed by atoms with E-state index in [0.717, 1.165) is 5.69 Å². The third-order valence-corrected chi connectivity index (χ3v) is 1.70. The fourth-order valence-corrected chi connectivity index (χ4v) is 1.14. The molecule has 2 N–H and O–H groups in total. The quantitative estimate of drug-likeness (QED) is 0.680. The van der Waals surface area contributed by atoms with Crippen LogP contribution in [-0.4, -0.2) is 33.6 Å². The molecule has 1 heterocycles. The van der Waals surface area contributed by atoms with E-state index in [0.29, 0.717) is 6.42 Å². The first-order valence-electron chi connectivity index (χ1n) is 4.35. The SMILES string of the molecule is CC(=O)N[C@@H](CO)Cc1cnccn1. The molecule has 5 heteroatoms. The molecule has 0 aliphatic heterocycles. The molecule has 76 valence electrons. The third-order valence-electron chi connectivity index (χ3n) is 1.70. The highest BCUT2D eigenvalue weighted by atomic mass is 16.3. The predicted octanol–water partition coefficient (Wildman–Crippen LogP) is -0.484. The summed E-state index contributed by atoms with van der Waals surface area (Å²) in [6.07, 6.45) is 5.27. The summed E-state index contributed by atoms with van der Waals surface area (Å²) in [5.41, 5.74) is 0.750. The average molecular weight is 195 g/mol. The molecule has 0 aromatic carbocycles. The van der Waals surface area contributed by atoms with Crippen molar-refractivity contribution < 1.29 is 9.90 Å². The monoisotopic (exact) mass is 195 g/mol. The molecular weight excluding hydrogens is 182 g/mol. The summed E-state index contributed by atoms with van der Waals surface area (Å²) in [4.78, 5) is 18.7. The number of carbonyl (C=O) groups excluding carboxylic acids is 1. The highest BCUT2D eigenvalue weighted by Crippen LogP contribution is 1.96. The average Bonchev–Trinajstić information content (AvgIpc) is 2.17. The minimum Gasteiger partial charge on any atom is -0.394 e. The Morgan fingerprint density at radius 2 is 2.43 bits per heavy atom. The lowest BCUT2D eigenvalue weighted by molar-refractivity contribution is -0.119. The van der Waals surface area contributed by atoms with Gasteiger partial charge in [-0.15, -0.1) is 0 Å². The van der Waals surface area contributed by atoms with Crippen LogP contribution in [0.4, 0.5) is 0 Å². The largest absolute Gasteiger partial charge is 0.394 e. The van der Waals surface area contributed by atoms with E-state index < -0.39 is 0 Å². The van der Waals surface area contributed by atoms with Gasteiger partial charge in [0.05, 0.1) is 18.3 Å². The van der Waals surface area contributed by atoms with Crippen molar-refractivity contribution in [3.05, 3.63) is 24.3 Å². The number of hydrogen-bond donors (Lipinski definition) is 2. The van der Waals surface area contributed by atoms with Crippen LogP contribution in [0.1, 0.15) is 12.6 Å². The van der Waals surface area contributed by atoms with Gasteiger partial charge in [-0.2, -0.15) is 0 Å². The molecule has 1 amide bonds. The Balaban J connectivity index is 2.53. The number of amides is 1. The van der Waals surface area contributed by atoms with Crippen molar-refractivity contribution in [2.75, 3.05) is 6.61 Å². The van der Waals surface area contributed by atoms with E-state index in [1.54, 1.807) is 18.6 Å². The van der Waals surface area contributed by atoms with Gasteiger partial charge in [-0.25, -0.2) is 0 Å². The molecule has 1 aromatic rings. The second kappa shape index (κ2) is 5.29. The van der Waals surface area contributed by atoms with Crippen LogP contribution in [0.25, 0.3) is 0 Å². The molecule has 0 bridgehead atoms. The lowest BCUT2D eigenvalue weighted by Gasteiger charge is -2.13. The van der Waals surface area contributed by atoms with Gasteiger partial charge < -0.3 is 10.4 Å². The van der Waals surface area contributed by atoms with Crippen molar-refractivity contribution in [3.8, 4) is 0 Å². The van der Waals surface area contributed by atoms with E-state index in [2.05, 4.69) is 15.3 Å². The summed E-state index contributed by atoms with van der Waals surface area (Å²) in [6.45, 7) is 1.31. The highest BCUT2D eigenvalue weighted by molar-refractivity contribution is 5.73. The first kappa shape index (κ1) is 10.6. The van der Waals surface area contributed by atoms with Crippen LogP contribution in [0.5, 0.6) is 0 Å². The van der Waals surface area contributed by atoms with Crippen molar-refractivity contribution in [1.82, 2.24) is 15.3 Å². The van der Waals surface area contributed by atoms with E-state index >= 15 is 0 Å². The van der Waals surface area contributed by atoms with Gasteiger partial charge in [0.25, 0.3) is 0 Å². The molecule has 0 fully saturated rings. The number of carbonyl (C=O) groups is 1. The van der Waals surface area contributed by atoms with E-state index in [4.69, 9.17) is 5.11 Å². The third kappa shape index (κ3) is 3.49. The summed E-state index contributed by atoms with van der Waals surface area (Å²) in [5.74, 6) is -0.159. The number of nitrogens with zero attached hydrogens (tertiary/aromatic N) is 2. The molecule has 1 rings (SSSR count). The first-order chi connectivity index (χ1) is 6.72. The maximum absolute atomic E-state index is 10.7. The summed E-state index contributed by atoms with van der Waals surface area (Å²) in [6, 6.07) is -0.288. The van der Waals surface area contributed by atoms with Gasteiger partial charge in [-0.1, -0.05) is 0 Å². The normalized spacial score (nSPS) is 12.1. The smallest absolute Gasteiger partial charge is 0.217 e. The number of aliphatic hydroxyl groups is 1. The minimum atomic E-state index is -0.288. The standard InChI is InChI=1S/C9H13N3O2/c1-7(14)12-9(6-13)4-8-5-10-2-3-11-8/h2-3,5,9,13H,4,6H2,1H3,(H,12,14)/t9-/m1/s1. The topological polar surface area (TPSA) is 75.1 Å². The van der Waals surface area contributed by atoms with Crippen molar-refractivity contribution >= 4 is 5.91 Å². The molecule has 0 radical (unpaired) electrons. The molecule has 0 spiro atoms. The second-order valence-electron chi connectivity index (χ2n) is 2.98. The van der Waals surface area contributed by atoms with Gasteiger partial charge in [0.2, 0.25) is 5.91 Å². The van der Waals surface area contributed by atoms with E-state index in [1.807, 2.05) is 0 Å². The molecule has 0 saturated heterocycles. The Labute approximate surface area is 82.2 Å². The molecule has 1 aromatic heterocycles. The number of aromatic nitrogens is 2. The van der Waals surface area contributed by atoms with Crippen LogP contribution in [-0.2, 0) is 11.2 Å². The maximum Gasteiger partial charge on any atom is 0.217 e. The van der Waals surface area contributed by atoms with Crippen molar-refractivity contribution in [2.24, 2.45) is 0 Å². The molecule has 0 aliphatic carbocycles. The molecule has 5 nitrogen and oxygen atoms in total. The molecule has 0 aliphatic rings. The lowest BCUT2D eigenvalue weighted by Crippen LogP contribution is -2.37. The van der Waals surface area contributed by atoms with Crippen LogP contribution in [0, 0.1) is 0 Å². The zero-order valence-corrected chi connectivity index (χ0v) is 7.97. The van der Waals surface area contributed by atoms with Crippen LogP contribution < -0.4 is 5.32 Å². The van der Waals surface area contributed by atoms with Crippen LogP contribution in [0.3, 0.4) is 0 Å². The lowest BCUT2D eigenvalue weighted by atomic mass is 10.2. The highest BCUT2D eigenvalue weighted by Gasteiger charge is 2.09. The van der Waals surface area contributed by atoms with Crippen LogP contribution in [0.2, 0.25) is 0 Å². The molecule has 0 saturated carbocycles. The maximum atomic E-state index is 10.7. The summed E-state index contributed by atoms with van der Waals surface area (Å²) in [5, 5.41) is 11.6. The van der Waals surface area contributed by atoms with Gasteiger partial charge in [0.15, 0.2) is 0 Å². The Morgan fingerprint density at radius 1 is 1.64 bits per heavy atom. The first-order valence-corrected chi connectivity index (χ1v) is 4.35. The zero-order valence-electron chi connectivity index (χ0n) is 7.97. The molecule has 14 heavy (non-hydrogen) atoms. The van der Waals surface area contributed by atoms with Gasteiger partial charge in [0.1, 0.15) is 0 Å². The van der Waals surface area contributed by atoms with Crippen molar-refractivity contribution in [3.63, 3.8) is 0 Å². The van der Waals surface area contributed by atoms with Crippen molar-refractivity contribution in [1.29, 1.82) is 0 Å². The van der Waals surface area contributed by atoms with Gasteiger partial charge in [0, 0.05) is 31.9 Å². The van der Waals surface area contributed by atoms with E-state index in [1.165, 1.54) is 6.92 Å². The fraction of sp³-hybridized carbons (Fsp3) is 0.444. The van der Waals surface area contributed by atoms with Crippen molar-refractivity contribution in [2.45, 2.75) is 19.4 Å². The zero-order chi connectivity index (χ0) is 10.4. The molecule has 1 atom stereocenters. The predicted molar refractivity (Wildman–Crippen MR) is 50.4 cm³/mol. The van der Waals surface area contributed by atoms with Gasteiger partial charge in [-0.05, 0) is 0 Å². The number of hydrogen-bond acceptors (Lipinski definition) is 4. The summed E-state index contributed by atoms with van der Waals surface area (Å²) < 4.78 is 0. The number of nitrogens with one attached hydrogen (secondary N) is 1. The number of rotatable bonds is 4. The van der Waals surface area contributed by atoms with Crippen LogP contribution in [0.15, 0.2) is 18.6 Å². The summed E-state index contributed by atoms with van der Waals surface area (Å²) in [7, 11) is 0. The summed E-state index contributed by atoms with van der Waals surface area (Å²) >= 11 is 0. The second-order valence-corrected chi connectivity index (χ2v) is 2.98. The van der Waals surface area contributed by atoms with E-state index in [9.17, 15) is 4.79 Å². The van der Waals surface area contributed by atoms with Gasteiger partial charge >= 0.3 is 0 Å². The van der Waals surface area contributed by atoms with Gasteiger partial charge in [-0.3, -0.25) is 14.8 Å². The Kier molecular flexibility index (Phi) is 4.00. The van der Waals surface area contributed by atoms with E-state index in [-0.39, 0.29) is 18.6 Å². The Morgan fingerprint density at radius 3 is 2.93 bits per heavy atom. The minimum absolute atomic E-state index is 0.101. The van der Waals surface area contributed by atoms with Crippen LogP contribution >= 0.6 is 0 Å². The fourth-order valence-electron chi connectivity index (χ4n) is 1.14. The molecular formula is C9H13N3O2. The Hall–Kier alpha value is -1.49. The molecule has 0 unspecified atom stereocenters. The Bertz CT molecular complexity index is 289. The number of aliphatic hydroxyl groups excluding tert-OH is 1.